The Kier molecular flexibility index (Phi) is 3.83. The van der Waals surface area contributed by atoms with Crippen molar-refractivity contribution in [3.05, 3.63) is 65.2 Å². The molecule has 2 aliphatic rings. The second kappa shape index (κ2) is 6.03. The molecule has 2 unspecified atom stereocenters. The summed E-state index contributed by atoms with van der Waals surface area (Å²) >= 11 is 0. The van der Waals surface area contributed by atoms with E-state index < -0.39 is 5.97 Å². The van der Waals surface area contributed by atoms with Crippen molar-refractivity contribution in [2.75, 3.05) is 5.32 Å². The fraction of sp³-hybridized carbons (Fsp3) is 0.333. The lowest BCUT2D eigenvalue weighted by Crippen LogP contribution is -2.19. The fourth-order valence-electron chi connectivity index (χ4n) is 4.22. The van der Waals surface area contributed by atoms with Gasteiger partial charge in [0.25, 0.3) is 0 Å². The molecule has 1 amide bonds. The Balaban J connectivity index is 1.44. The zero-order valence-corrected chi connectivity index (χ0v) is 14.0. The van der Waals surface area contributed by atoms with Crippen LogP contribution in [0, 0.1) is 5.92 Å². The van der Waals surface area contributed by atoms with E-state index in [1.54, 1.807) is 0 Å². The summed E-state index contributed by atoms with van der Waals surface area (Å²) in [6.07, 6.45) is 3.61. The molecule has 2 aliphatic carbocycles. The van der Waals surface area contributed by atoms with Gasteiger partial charge in [0.05, 0.1) is 0 Å². The summed E-state index contributed by atoms with van der Waals surface area (Å²) in [6.45, 7) is 0. The first-order valence-electron chi connectivity index (χ1n) is 8.78. The van der Waals surface area contributed by atoms with Gasteiger partial charge in [-0.1, -0.05) is 36.4 Å². The number of carbonyl (C=O) groups excluding carboxylic acids is 1. The van der Waals surface area contributed by atoms with Gasteiger partial charge in [-0.25, -0.2) is 0 Å². The van der Waals surface area contributed by atoms with E-state index in [1.165, 1.54) is 11.1 Å². The van der Waals surface area contributed by atoms with E-state index in [-0.39, 0.29) is 23.7 Å². The average molecular weight is 335 g/mol. The minimum Gasteiger partial charge on any atom is -0.481 e. The molecule has 0 bridgehead atoms. The Morgan fingerprint density at radius 3 is 2.84 bits per heavy atom. The van der Waals surface area contributed by atoms with Crippen LogP contribution < -0.4 is 5.32 Å². The number of hydrogen-bond donors (Lipinski definition) is 2. The number of amides is 1. The van der Waals surface area contributed by atoms with Gasteiger partial charge in [0.1, 0.15) is 0 Å². The summed E-state index contributed by atoms with van der Waals surface area (Å²) in [5.74, 6) is -0.694. The molecule has 1 spiro atoms. The molecule has 1 fully saturated rings. The van der Waals surface area contributed by atoms with E-state index in [1.807, 2.05) is 24.3 Å². The van der Waals surface area contributed by atoms with Crippen LogP contribution in [0.15, 0.2) is 48.5 Å². The first-order chi connectivity index (χ1) is 12.1. The van der Waals surface area contributed by atoms with Crippen LogP contribution in [0.5, 0.6) is 0 Å². The maximum absolute atomic E-state index is 12.7. The van der Waals surface area contributed by atoms with Crippen molar-refractivity contribution in [3.8, 4) is 0 Å². The molecule has 4 rings (SSSR count). The number of carboxylic acids is 1. The van der Waals surface area contributed by atoms with Gasteiger partial charge < -0.3 is 10.4 Å². The molecule has 0 aromatic heterocycles. The smallest absolute Gasteiger partial charge is 0.303 e. The predicted molar refractivity (Wildman–Crippen MR) is 95.6 cm³/mol. The zero-order chi connectivity index (χ0) is 17.4. The number of benzene rings is 2. The Bertz CT molecular complexity index is 845. The van der Waals surface area contributed by atoms with Crippen molar-refractivity contribution < 1.29 is 14.7 Å². The van der Waals surface area contributed by atoms with Gasteiger partial charge in [-0.3, -0.25) is 9.59 Å². The summed E-state index contributed by atoms with van der Waals surface area (Å²) in [5.41, 5.74) is 4.46. The Hall–Kier alpha value is -2.62. The lowest BCUT2D eigenvalue weighted by Gasteiger charge is -2.12. The number of carbonyl (C=O) groups is 2. The van der Waals surface area contributed by atoms with E-state index in [9.17, 15) is 9.59 Å². The summed E-state index contributed by atoms with van der Waals surface area (Å²) in [4.78, 5) is 23.4. The molecular weight excluding hydrogens is 314 g/mol. The third-order valence-corrected chi connectivity index (χ3v) is 5.61. The van der Waals surface area contributed by atoms with E-state index >= 15 is 0 Å². The number of rotatable bonds is 5. The predicted octanol–water partition coefficient (Wildman–Crippen LogP) is 3.55. The number of carboxylic acid groups (broad SMARTS) is 1. The summed E-state index contributed by atoms with van der Waals surface area (Å²) in [7, 11) is 0. The first kappa shape index (κ1) is 15.9. The normalized spacial score (nSPS) is 23.3. The van der Waals surface area contributed by atoms with Crippen molar-refractivity contribution in [3.63, 3.8) is 0 Å². The molecule has 0 heterocycles. The lowest BCUT2D eigenvalue weighted by atomic mass is 9.95. The van der Waals surface area contributed by atoms with Gasteiger partial charge in [0.2, 0.25) is 5.91 Å². The van der Waals surface area contributed by atoms with Crippen LogP contribution in [0.1, 0.15) is 36.0 Å². The number of aliphatic carboxylic acids is 1. The molecule has 1 saturated carbocycles. The molecule has 0 radical (unpaired) electrons. The molecule has 4 heteroatoms. The number of hydrogen-bond acceptors (Lipinski definition) is 2. The summed E-state index contributed by atoms with van der Waals surface area (Å²) in [5, 5.41) is 11.8. The van der Waals surface area contributed by atoms with Crippen LogP contribution in [-0.2, 0) is 27.8 Å². The first-order valence-corrected chi connectivity index (χ1v) is 8.78. The Labute approximate surface area is 146 Å². The molecule has 2 aromatic rings. The second-order valence-corrected chi connectivity index (χ2v) is 7.15. The van der Waals surface area contributed by atoms with Crippen LogP contribution in [0.2, 0.25) is 0 Å². The Morgan fingerprint density at radius 2 is 2.00 bits per heavy atom. The largest absolute Gasteiger partial charge is 0.481 e. The lowest BCUT2D eigenvalue weighted by molar-refractivity contribution is -0.137. The summed E-state index contributed by atoms with van der Waals surface area (Å²) < 4.78 is 0. The topological polar surface area (TPSA) is 66.4 Å². The zero-order valence-electron chi connectivity index (χ0n) is 14.0. The highest BCUT2D eigenvalue weighted by atomic mass is 16.4. The van der Waals surface area contributed by atoms with Crippen molar-refractivity contribution in [1.29, 1.82) is 0 Å². The molecule has 2 N–H and O–H groups in total. The fourth-order valence-corrected chi connectivity index (χ4v) is 4.22. The number of fused-ring (bicyclic) bond motifs is 2. The number of aryl methyl sites for hydroxylation is 2. The van der Waals surface area contributed by atoms with E-state index in [0.717, 1.165) is 30.5 Å². The van der Waals surface area contributed by atoms with Crippen LogP contribution in [0.4, 0.5) is 5.69 Å². The standard InChI is InChI=1S/C21H21NO3/c23-19(24)9-8-14-4-3-6-16(12-14)22-20(25)18-13-21(18)11-10-15-5-1-2-7-17(15)21/h1-7,12,18H,8-11,13H2,(H,22,25)(H,23,24). The van der Waals surface area contributed by atoms with Crippen molar-refractivity contribution in [2.45, 2.75) is 37.5 Å². The number of nitrogens with one attached hydrogen (secondary N) is 1. The minimum absolute atomic E-state index is 0.0406. The van der Waals surface area contributed by atoms with E-state index in [2.05, 4.69) is 29.6 Å². The Morgan fingerprint density at radius 1 is 1.16 bits per heavy atom. The van der Waals surface area contributed by atoms with Crippen LogP contribution >= 0.6 is 0 Å². The molecule has 0 aliphatic heterocycles. The molecule has 128 valence electrons. The molecule has 2 atom stereocenters. The molecule has 4 nitrogen and oxygen atoms in total. The van der Waals surface area contributed by atoms with E-state index in [0.29, 0.717) is 6.42 Å². The highest BCUT2D eigenvalue weighted by Crippen LogP contribution is 2.61. The molecule has 2 aromatic carbocycles. The van der Waals surface area contributed by atoms with Crippen molar-refractivity contribution >= 4 is 17.6 Å². The van der Waals surface area contributed by atoms with Gasteiger partial charge in [0, 0.05) is 23.4 Å². The van der Waals surface area contributed by atoms with Gasteiger partial charge in [-0.05, 0) is 54.5 Å². The van der Waals surface area contributed by atoms with Crippen molar-refractivity contribution in [1.82, 2.24) is 0 Å². The maximum atomic E-state index is 12.7. The quantitative estimate of drug-likeness (QED) is 0.878. The highest BCUT2D eigenvalue weighted by molar-refractivity contribution is 5.96. The van der Waals surface area contributed by atoms with E-state index in [4.69, 9.17) is 5.11 Å². The van der Waals surface area contributed by atoms with Gasteiger partial charge in [-0.15, -0.1) is 0 Å². The average Bonchev–Trinajstić information content (AvgIpc) is 3.23. The monoisotopic (exact) mass is 335 g/mol. The van der Waals surface area contributed by atoms with Gasteiger partial charge >= 0.3 is 5.97 Å². The van der Waals surface area contributed by atoms with Crippen molar-refractivity contribution in [2.24, 2.45) is 5.92 Å². The SMILES string of the molecule is O=C(O)CCc1cccc(NC(=O)C2CC23CCc2ccccc23)c1. The maximum Gasteiger partial charge on any atom is 0.303 e. The molecule has 0 saturated heterocycles. The molecule has 25 heavy (non-hydrogen) atoms. The van der Waals surface area contributed by atoms with Crippen LogP contribution in [0.25, 0.3) is 0 Å². The third-order valence-electron chi connectivity index (χ3n) is 5.61. The van der Waals surface area contributed by atoms with Crippen LogP contribution in [0.3, 0.4) is 0 Å². The highest BCUT2D eigenvalue weighted by Gasteiger charge is 2.61. The second-order valence-electron chi connectivity index (χ2n) is 7.15. The van der Waals surface area contributed by atoms with Gasteiger partial charge in [0.15, 0.2) is 0 Å². The molecular formula is C21H21NO3. The van der Waals surface area contributed by atoms with Gasteiger partial charge in [-0.2, -0.15) is 0 Å². The minimum atomic E-state index is -0.811. The third kappa shape index (κ3) is 2.93. The summed E-state index contributed by atoms with van der Waals surface area (Å²) in [6, 6.07) is 16.0. The number of anilines is 1. The van der Waals surface area contributed by atoms with Crippen LogP contribution in [-0.4, -0.2) is 17.0 Å².